The maximum absolute atomic E-state index is 12.5. The van der Waals surface area contributed by atoms with E-state index in [9.17, 15) is 13.2 Å². The lowest BCUT2D eigenvalue weighted by Crippen LogP contribution is -2.34. The highest BCUT2D eigenvalue weighted by atomic mass is 32.1. The summed E-state index contributed by atoms with van der Waals surface area (Å²) in [5.74, 6) is 0. The Kier molecular flexibility index (Phi) is 4.35. The van der Waals surface area contributed by atoms with Crippen LogP contribution in [0.15, 0.2) is 30.5 Å². The van der Waals surface area contributed by atoms with Gasteiger partial charge in [0.2, 0.25) is 0 Å². The van der Waals surface area contributed by atoms with Gasteiger partial charge in [0.15, 0.2) is 5.13 Å². The van der Waals surface area contributed by atoms with E-state index in [0.717, 1.165) is 32.3 Å². The molecule has 0 aliphatic carbocycles. The average molecular weight is 327 g/mol. The molecule has 0 radical (unpaired) electrons. The molecule has 3 nitrogen and oxygen atoms in total. The van der Waals surface area contributed by atoms with Crippen molar-refractivity contribution in [2.75, 3.05) is 25.0 Å². The molecule has 2 heterocycles. The third-order valence-corrected chi connectivity index (χ3v) is 4.70. The van der Waals surface area contributed by atoms with Crippen LogP contribution in [0.5, 0.6) is 0 Å². The zero-order valence-corrected chi connectivity index (χ0v) is 12.7. The van der Waals surface area contributed by atoms with Crippen LogP contribution in [0.1, 0.15) is 16.0 Å². The first-order valence-corrected chi connectivity index (χ1v) is 7.90. The highest BCUT2D eigenvalue weighted by Crippen LogP contribution is 2.34. The molecule has 1 aromatic carbocycles. The van der Waals surface area contributed by atoms with Crippen LogP contribution in [0.4, 0.5) is 18.3 Å². The van der Waals surface area contributed by atoms with Crippen LogP contribution in [0.2, 0.25) is 0 Å². The van der Waals surface area contributed by atoms with Gasteiger partial charge in [0, 0.05) is 26.2 Å². The second-order valence-corrected chi connectivity index (χ2v) is 6.28. The van der Waals surface area contributed by atoms with Gasteiger partial charge in [-0.2, -0.15) is 13.2 Å². The van der Waals surface area contributed by atoms with E-state index in [4.69, 9.17) is 0 Å². The van der Waals surface area contributed by atoms with E-state index < -0.39 is 11.1 Å². The van der Waals surface area contributed by atoms with Gasteiger partial charge in [-0.25, -0.2) is 4.98 Å². The Morgan fingerprint density at radius 2 is 2.00 bits per heavy atom. The van der Waals surface area contributed by atoms with E-state index in [2.05, 4.69) is 33.4 Å². The Labute approximate surface area is 130 Å². The Morgan fingerprint density at radius 3 is 2.73 bits per heavy atom. The first kappa shape index (κ1) is 15.3. The fraction of sp³-hybridized carbons (Fsp3) is 0.400. The van der Waals surface area contributed by atoms with Crippen molar-refractivity contribution in [3.05, 3.63) is 46.5 Å². The van der Waals surface area contributed by atoms with Gasteiger partial charge < -0.3 is 5.32 Å². The van der Waals surface area contributed by atoms with Crippen LogP contribution in [0, 0.1) is 0 Å². The van der Waals surface area contributed by atoms with E-state index in [-0.39, 0.29) is 0 Å². The summed E-state index contributed by atoms with van der Waals surface area (Å²) in [5.41, 5.74) is 2.73. The summed E-state index contributed by atoms with van der Waals surface area (Å²) in [5, 5.41) is 3.30. The molecule has 3 rings (SSSR count). The largest absolute Gasteiger partial charge is 0.427 e. The van der Waals surface area contributed by atoms with Gasteiger partial charge in [-0.05, 0) is 17.5 Å². The number of hydrogen-bond donors (Lipinski definition) is 1. The Hall–Kier alpha value is -1.60. The molecule has 1 aliphatic rings. The normalized spacial score (nSPS) is 15.6. The number of benzene rings is 1. The van der Waals surface area contributed by atoms with Gasteiger partial charge in [0.25, 0.3) is 0 Å². The third-order valence-electron chi connectivity index (χ3n) is 3.70. The predicted octanol–water partition coefficient (Wildman–Crippen LogP) is 3.63. The number of anilines is 1. The molecule has 1 aromatic heterocycles. The molecule has 0 spiro atoms. The summed E-state index contributed by atoms with van der Waals surface area (Å²) >= 11 is 0.649. The number of nitrogens with zero attached hydrogens (tertiary/aromatic N) is 2. The van der Waals surface area contributed by atoms with Gasteiger partial charge in [-0.1, -0.05) is 35.6 Å². The fourth-order valence-electron chi connectivity index (χ4n) is 2.55. The second-order valence-electron chi connectivity index (χ2n) is 5.25. The van der Waals surface area contributed by atoms with E-state index in [1.54, 1.807) is 0 Å². The summed E-state index contributed by atoms with van der Waals surface area (Å²) in [6.07, 6.45) is -2.41. The molecule has 118 valence electrons. The van der Waals surface area contributed by atoms with Crippen molar-refractivity contribution in [1.82, 2.24) is 9.88 Å². The first-order chi connectivity index (χ1) is 10.5. The minimum absolute atomic E-state index is 0.324. The highest BCUT2D eigenvalue weighted by Gasteiger charge is 2.33. The summed E-state index contributed by atoms with van der Waals surface area (Å²) < 4.78 is 37.5. The lowest BCUT2D eigenvalue weighted by Gasteiger charge is -2.28. The van der Waals surface area contributed by atoms with Gasteiger partial charge in [0.1, 0.15) is 4.88 Å². The quantitative estimate of drug-likeness (QED) is 0.929. The van der Waals surface area contributed by atoms with Crippen molar-refractivity contribution in [2.24, 2.45) is 0 Å². The molecule has 22 heavy (non-hydrogen) atoms. The molecule has 1 N–H and O–H groups in total. The fourth-order valence-corrected chi connectivity index (χ4v) is 3.26. The van der Waals surface area contributed by atoms with Crippen molar-refractivity contribution in [2.45, 2.75) is 19.1 Å². The van der Waals surface area contributed by atoms with Crippen LogP contribution < -0.4 is 5.32 Å². The molecular weight excluding hydrogens is 311 g/mol. The third kappa shape index (κ3) is 3.59. The van der Waals surface area contributed by atoms with Crippen LogP contribution in [0.25, 0.3) is 0 Å². The minimum atomic E-state index is -4.31. The number of aromatic nitrogens is 1. The van der Waals surface area contributed by atoms with Gasteiger partial charge in [-0.15, -0.1) is 0 Å². The lowest BCUT2D eigenvalue weighted by atomic mass is 10.00. The lowest BCUT2D eigenvalue weighted by molar-refractivity contribution is -0.134. The van der Waals surface area contributed by atoms with E-state index in [1.807, 2.05) is 6.07 Å². The number of rotatable bonds is 4. The number of thiazole rings is 1. The molecule has 0 saturated heterocycles. The molecular formula is C15H16F3N3S. The highest BCUT2D eigenvalue weighted by molar-refractivity contribution is 7.15. The monoisotopic (exact) mass is 327 g/mol. The van der Waals surface area contributed by atoms with Crippen molar-refractivity contribution < 1.29 is 13.2 Å². The standard InChI is InChI=1S/C15H16F3N3S/c16-15(17,18)13-9-20-14(22-13)19-6-8-21-7-5-11-3-1-2-4-12(11)10-21/h1-4,9H,5-8,10H2,(H,19,20). The number of alkyl halides is 3. The van der Waals surface area contributed by atoms with Crippen LogP contribution in [-0.2, 0) is 19.1 Å². The van der Waals surface area contributed by atoms with Crippen molar-refractivity contribution in [3.8, 4) is 0 Å². The number of nitrogens with one attached hydrogen (secondary N) is 1. The maximum atomic E-state index is 12.5. The zero-order valence-electron chi connectivity index (χ0n) is 11.9. The van der Waals surface area contributed by atoms with Crippen molar-refractivity contribution in [1.29, 1.82) is 0 Å². The molecule has 0 unspecified atom stereocenters. The summed E-state index contributed by atoms with van der Waals surface area (Å²) in [7, 11) is 0. The molecule has 0 atom stereocenters. The summed E-state index contributed by atoms with van der Waals surface area (Å²) in [6, 6.07) is 8.37. The van der Waals surface area contributed by atoms with Gasteiger partial charge in [0.05, 0.1) is 6.20 Å². The minimum Gasteiger partial charge on any atom is -0.360 e. The van der Waals surface area contributed by atoms with Crippen LogP contribution in [-0.4, -0.2) is 29.5 Å². The molecule has 0 fully saturated rings. The van der Waals surface area contributed by atoms with Crippen molar-refractivity contribution in [3.63, 3.8) is 0 Å². The average Bonchev–Trinajstić information content (AvgIpc) is 2.96. The topological polar surface area (TPSA) is 28.2 Å². The van der Waals surface area contributed by atoms with E-state index in [0.29, 0.717) is 23.0 Å². The second kappa shape index (κ2) is 6.26. The molecule has 0 saturated carbocycles. The Balaban J connectivity index is 1.49. The molecule has 0 bridgehead atoms. The SMILES string of the molecule is FC(F)(F)c1cnc(NCCN2CCc3ccccc3C2)s1. The number of halogens is 3. The molecule has 7 heteroatoms. The predicted molar refractivity (Wildman–Crippen MR) is 81.0 cm³/mol. The first-order valence-electron chi connectivity index (χ1n) is 7.08. The van der Waals surface area contributed by atoms with Gasteiger partial charge in [-0.3, -0.25) is 4.90 Å². The Bertz CT molecular complexity index is 639. The summed E-state index contributed by atoms with van der Waals surface area (Å²) in [6.45, 7) is 3.25. The Morgan fingerprint density at radius 1 is 1.23 bits per heavy atom. The van der Waals surface area contributed by atoms with Crippen LogP contribution in [0.3, 0.4) is 0 Å². The van der Waals surface area contributed by atoms with Gasteiger partial charge >= 0.3 is 6.18 Å². The number of hydrogen-bond acceptors (Lipinski definition) is 4. The zero-order chi connectivity index (χ0) is 15.6. The van der Waals surface area contributed by atoms with E-state index in [1.165, 1.54) is 11.1 Å². The maximum Gasteiger partial charge on any atom is 0.427 e. The van der Waals surface area contributed by atoms with Crippen molar-refractivity contribution >= 4 is 16.5 Å². The number of fused-ring (bicyclic) bond motifs is 1. The smallest absolute Gasteiger partial charge is 0.360 e. The van der Waals surface area contributed by atoms with E-state index >= 15 is 0 Å². The summed E-state index contributed by atoms with van der Waals surface area (Å²) in [4.78, 5) is 5.40. The molecule has 1 aliphatic heterocycles. The molecule has 2 aromatic rings. The van der Waals surface area contributed by atoms with Crippen LogP contribution >= 0.6 is 11.3 Å². The molecule has 0 amide bonds.